The van der Waals surface area contributed by atoms with Crippen LogP contribution in [0.25, 0.3) is 0 Å². The van der Waals surface area contributed by atoms with E-state index in [2.05, 4.69) is 27.0 Å². The van der Waals surface area contributed by atoms with Gasteiger partial charge < -0.3 is 9.47 Å². The van der Waals surface area contributed by atoms with Gasteiger partial charge in [0.2, 0.25) is 0 Å². The highest BCUT2D eigenvalue weighted by Crippen LogP contribution is 2.32. The average Bonchev–Trinajstić information content (AvgIpc) is 3.06. The number of ether oxygens (including phenoxy) is 2. The van der Waals surface area contributed by atoms with Crippen LogP contribution in [0.3, 0.4) is 0 Å². The van der Waals surface area contributed by atoms with Crippen molar-refractivity contribution < 1.29 is 9.47 Å². The molecule has 2 aliphatic heterocycles. The van der Waals surface area contributed by atoms with Crippen LogP contribution in [-0.2, 0) is 22.6 Å². The van der Waals surface area contributed by atoms with Crippen molar-refractivity contribution in [3.63, 3.8) is 0 Å². The molecule has 5 heteroatoms. The van der Waals surface area contributed by atoms with Gasteiger partial charge in [-0.2, -0.15) is 0 Å². The number of rotatable bonds is 6. The van der Waals surface area contributed by atoms with Crippen LogP contribution in [0, 0.1) is 0 Å². The maximum atomic E-state index is 6.31. The molecule has 0 bridgehead atoms. The molecule has 0 saturated carbocycles. The highest BCUT2D eigenvalue weighted by atomic mass is 16.5. The maximum absolute atomic E-state index is 6.31. The number of pyridine rings is 2. The van der Waals surface area contributed by atoms with E-state index in [1.54, 1.807) is 6.20 Å². The molecule has 0 aromatic carbocycles. The SMILES string of the molecule is c1ccc(COC[C@@H]2CC[C@@H]3[C@@H](CCN3Cc3ccccn3)O2)nc1. The van der Waals surface area contributed by atoms with Gasteiger partial charge in [-0.05, 0) is 43.5 Å². The highest BCUT2D eigenvalue weighted by Gasteiger charge is 2.39. The van der Waals surface area contributed by atoms with Gasteiger partial charge in [-0.1, -0.05) is 12.1 Å². The van der Waals surface area contributed by atoms with Gasteiger partial charge >= 0.3 is 0 Å². The maximum Gasteiger partial charge on any atom is 0.0889 e. The first-order valence-electron chi connectivity index (χ1n) is 9.15. The van der Waals surface area contributed by atoms with Crippen LogP contribution in [0.4, 0.5) is 0 Å². The minimum atomic E-state index is 0.208. The fraction of sp³-hybridized carbons (Fsp3) is 0.500. The number of nitrogens with zero attached hydrogens (tertiary/aromatic N) is 3. The van der Waals surface area contributed by atoms with Gasteiger partial charge in [-0.3, -0.25) is 14.9 Å². The molecule has 0 radical (unpaired) electrons. The highest BCUT2D eigenvalue weighted by molar-refractivity contribution is 5.05. The van der Waals surface area contributed by atoms with Crippen LogP contribution in [0.2, 0.25) is 0 Å². The minimum Gasteiger partial charge on any atom is -0.372 e. The number of aromatic nitrogens is 2. The van der Waals surface area contributed by atoms with Crippen molar-refractivity contribution in [2.45, 2.75) is 50.7 Å². The molecule has 25 heavy (non-hydrogen) atoms. The van der Waals surface area contributed by atoms with Crippen molar-refractivity contribution in [3.8, 4) is 0 Å². The second-order valence-electron chi connectivity index (χ2n) is 6.86. The number of hydrogen-bond donors (Lipinski definition) is 0. The van der Waals surface area contributed by atoms with Crippen LogP contribution in [0.1, 0.15) is 30.7 Å². The molecule has 0 unspecified atom stereocenters. The zero-order valence-corrected chi connectivity index (χ0v) is 14.5. The first-order chi connectivity index (χ1) is 12.4. The van der Waals surface area contributed by atoms with Gasteiger partial charge in [0, 0.05) is 31.5 Å². The zero-order chi connectivity index (χ0) is 16.9. The van der Waals surface area contributed by atoms with E-state index in [0.717, 1.165) is 37.3 Å². The average molecular weight is 339 g/mol. The van der Waals surface area contributed by atoms with E-state index in [4.69, 9.17) is 9.47 Å². The summed E-state index contributed by atoms with van der Waals surface area (Å²) in [5, 5.41) is 0. The molecule has 2 fully saturated rings. The third-order valence-corrected chi connectivity index (χ3v) is 5.12. The standard InChI is InChI=1S/C20H25N3O2/c1-3-10-21-16(5-1)13-23-12-9-20-19(23)8-7-18(25-20)15-24-14-17-6-2-4-11-22-17/h1-6,10-11,18-20H,7-9,12-15H2/t18-,19+,20+/m0/s1. The van der Waals surface area contributed by atoms with Gasteiger partial charge in [-0.15, -0.1) is 0 Å². The third-order valence-electron chi connectivity index (χ3n) is 5.12. The summed E-state index contributed by atoms with van der Waals surface area (Å²) in [6.45, 7) is 3.22. The normalized spacial score (nSPS) is 26.5. The number of hydrogen-bond acceptors (Lipinski definition) is 5. The monoisotopic (exact) mass is 339 g/mol. The third kappa shape index (κ3) is 4.24. The minimum absolute atomic E-state index is 0.208. The van der Waals surface area contributed by atoms with E-state index in [1.807, 2.05) is 30.5 Å². The lowest BCUT2D eigenvalue weighted by Crippen LogP contribution is -2.43. The fourth-order valence-electron chi connectivity index (χ4n) is 3.88. The molecule has 3 atom stereocenters. The Morgan fingerprint density at radius 2 is 1.80 bits per heavy atom. The Bertz CT molecular complexity index is 653. The van der Waals surface area contributed by atoms with E-state index in [9.17, 15) is 0 Å². The molecule has 2 saturated heterocycles. The Balaban J connectivity index is 1.24. The van der Waals surface area contributed by atoms with Crippen LogP contribution in [0.15, 0.2) is 48.8 Å². The molecule has 4 rings (SSSR count). The lowest BCUT2D eigenvalue weighted by atomic mass is 9.99. The molecule has 5 nitrogen and oxygen atoms in total. The molecule has 0 aliphatic carbocycles. The van der Waals surface area contributed by atoms with Crippen molar-refractivity contribution >= 4 is 0 Å². The molecule has 132 valence electrons. The number of fused-ring (bicyclic) bond motifs is 1. The molecule has 2 aliphatic rings. The molecule has 0 spiro atoms. The molecule has 4 heterocycles. The summed E-state index contributed by atoms with van der Waals surface area (Å²) in [4.78, 5) is 11.3. The first-order valence-corrected chi connectivity index (χ1v) is 9.15. The fourth-order valence-corrected chi connectivity index (χ4v) is 3.88. The quantitative estimate of drug-likeness (QED) is 0.810. The van der Waals surface area contributed by atoms with Crippen LogP contribution < -0.4 is 0 Å². The summed E-state index contributed by atoms with van der Waals surface area (Å²) < 4.78 is 12.1. The largest absolute Gasteiger partial charge is 0.372 e. The lowest BCUT2D eigenvalue weighted by molar-refractivity contribution is -0.102. The smallest absolute Gasteiger partial charge is 0.0889 e. The molecule has 2 aromatic rings. The van der Waals surface area contributed by atoms with Crippen LogP contribution in [-0.4, -0.2) is 46.3 Å². The second kappa shape index (κ2) is 8.04. The van der Waals surface area contributed by atoms with Crippen LogP contribution in [0.5, 0.6) is 0 Å². The van der Waals surface area contributed by atoms with E-state index in [-0.39, 0.29) is 6.10 Å². The van der Waals surface area contributed by atoms with Gasteiger partial charge in [0.05, 0.1) is 36.8 Å². The van der Waals surface area contributed by atoms with Crippen molar-refractivity contribution in [1.82, 2.24) is 14.9 Å². The summed E-state index contributed by atoms with van der Waals surface area (Å²) in [6.07, 6.45) is 7.55. The molecule has 0 amide bonds. The van der Waals surface area contributed by atoms with Crippen molar-refractivity contribution in [2.75, 3.05) is 13.2 Å². The van der Waals surface area contributed by atoms with Crippen molar-refractivity contribution in [1.29, 1.82) is 0 Å². The van der Waals surface area contributed by atoms with E-state index >= 15 is 0 Å². The van der Waals surface area contributed by atoms with Gasteiger partial charge in [0.15, 0.2) is 0 Å². The Hall–Kier alpha value is -1.82. The summed E-state index contributed by atoms with van der Waals surface area (Å²) in [7, 11) is 0. The molecule has 0 N–H and O–H groups in total. The molecule has 2 aromatic heterocycles. The van der Waals surface area contributed by atoms with Crippen molar-refractivity contribution in [3.05, 3.63) is 60.2 Å². The Morgan fingerprint density at radius 1 is 1.00 bits per heavy atom. The summed E-state index contributed by atoms with van der Waals surface area (Å²) in [5.74, 6) is 0. The van der Waals surface area contributed by atoms with E-state index < -0.39 is 0 Å². The Morgan fingerprint density at radius 3 is 2.56 bits per heavy atom. The van der Waals surface area contributed by atoms with Crippen molar-refractivity contribution in [2.24, 2.45) is 0 Å². The van der Waals surface area contributed by atoms with E-state index in [1.165, 1.54) is 6.42 Å². The topological polar surface area (TPSA) is 47.5 Å². The van der Waals surface area contributed by atoms with Gasteiger partial charge in [-0.25, -0.2) is 0 Å². The van der Waals surface area contributed by atoms with Crippen LogP contribution >= 0.6 is 0 Å². The van der Waals surface area contributed by atoms with Gasteiger partial charge in [0.1, 0.15) is 0 Å². The van der Waals surface area contributed by atoms with E-state index in [0.29, 0.717) is 25.4 Å². The zero-order valence-electron chi connectivity index (χ0n) is 14.5. The summed E-state index contributed by atoms with van der Waals surface area (Å²) >= 11 is 0. The second-order valence-corrected chi connectivity index (χ2v) is 6.86. The lowest BCUT2D eigenvalue weighted by Gasteiger charge is -2.35. The summed E-state index contributed by atoms with van der Waals surface area (Å²) in [6, 6.07) is 12.6. The predicted molar refractivity (Wildman–Crippen MR) is 94.8 cm³/mol. The van der Waals surface area contributed by atoms with Gasteiger partial charge in [0.25, 0.3) is 0 Å². The first kappa shape index (κ1) is 16.6. The Kier molecular flexibility index (Phi) is 5.35. The summed E-state index contributed by atoms with van der Waals surface area (Å²) in [5.41, 5.74) is 2.11. The Labute approximate surface area is 149 Å². The molecular formula is C20H25N3O2. The molecular weight excluding hydrogens is 314 g/mol. The number of likely N-dealkylation sites (tertiary alicyclic amines) is 1. The predicted octanol–water partition coefficient (Wildman–Crippen LogP) is 2.82.